The number of furan rings is 3. The first-order valence-electron chi connectivity index (χ1n) is 6.77. The molecule has 3 rings (SSSR count). The summed E-state index contributed by atoms with van der Waals surface area (Å²) in [5, 5.41) is 0. The molecule has 104 valence electrons. The van der Waals surface area contributed by atoms with E-state index in [2.05, 4.69) is 13.0 Å². The van der Waals surface area contributed by atoms with Crippen LogP contribution >= 0.6 is 0 Å². The summed E-state index contributed by atoms with van der Waals surface area (Å²) in [6.07, 6.45) is 3.14. The third-order valence-corrected chi connectivity index (χ3v) is 3.34. The molecule has 0 spiro atoms. The molecule has 0 saturated carbocycles. The van der Waals surface area contributed by atoms with E-state index in [4.69, 9.17) is 13.3 Å². The quantitative estimate of drug-likeness (QED) is 0.697. The van der Waals surface area contributed by atoms with Crippen LogP contribution in [0.5, 0.6) is 0 Å². The smallest absolute Gasteiger partial charge is 0.114 e. The molecular formula is C17H18O3. The summed E-state index contributed by atoms with van der Waals surface area (Å²) >= 11 is 0. The number of rotatable bonds is 4. The fourth-order valence-corrected chi connectivity index (χ4v) is 2.35. The van der Waals surface area contributed by atoms with Gasteiger partial charge in [-0.05, 0) is 56.2 Å². The van der Waals surface area contributed by atoms with Crippen molar-refractivity contribution in [2.75, 3.05) is 0 Å². The second kappa shape index (κ2) is 5.08. The molecule has 0 unspecified atom stereocenters. The fourth-order valence-electron chi connectivity index (χ4n) is 2.35. The van der Waals surface area contributed by atoms with Crippen LogP contribution in [0.4, 0.5) is 0 Å². The lowest BCUT2D eigenvalue weighted by Crippen LogP contribution is -1.85. The fraction of sp³-hybridized carbons (Fsp3) is 0.294. The molecule has 0 aromatic carbocycles. The van der Waals surface area contributed by atoms with Crippen LogP contribution in [0.1, 0.15) is 39.9 Å². The molecule has 0 bridgehead atoms. The molecule has 3 aromatic rings. The summed E-state index contributed by atoms with van der Waals surface area (Å²) in [4.78, 5) is 0. The average molecular weight is 270 g/mol. The van der Waals surface area contributed by atoms with Gasteiger partial charge >= 0.3 is 0 Å². The number of hydrogen-bond acceptors (Lipinski definition) is 3. The summed E-state index contributed by atoms with van der Waals surface area (Å²) in [6.45, 7) is 6.03. The van der Waals surface area contributed by atoms with E-state index in [1.165, 1.54) is 0 Å². The predicted octanol–water partition coefficient (Wildman–Crippen LogP) is 4.57. The van der Waals surface area contributed by atoms with Crippen molar-refractivity contribution in [2.45, 2.75) is 33.6 Å². The van der Waals surface area contributed by atoms with E-state index in [0.29, 0.717) is 12.8 Å². The van der Waals surface area contributed by atoms with Gasteiger partial charge in [-0.3, -0.25) is 0 Å². The minimum atomic E-state index is 0.686. The molecule has 0 aliphatic rings. The van der Waals surface area contributed by atoms with E-state index < -0.39 is 0 Å². The molecule has 0 atom stereocenters. The van der Waals surface area contributed by atoms with Crippen LogP contribution in [-0.2, 0) is 12.8 Å². The molecule has 3 heterocycles. The van der Waals surface area contributed by atoms with Crippen LogP contribution < -0.4 is 0 Å². The van der Waals surface area contributed by atoms with E-state index >= 15 is 0 Å². The molecule has 0 aliphatic carbocycles. The van der Waals surface area contributed by atoms with Gasteiger partial charge in [0, 0.05) is 0 Å². The Labute approximate surface area is 118 Å². The zero-order chi connectivity index (χ0) is 14.1. The van der Waals surface area contributed by atoms with Crippen molar-refractivity contribution in [2.24, 2.45) is 0 Å². The molecule has 0 fully saturated rings. The van der Waals surface area contributed by atoms with Crippen molar-refractivity contribution in [1.29, 1.82) is 0 Å². The molecule has 0 saturated heterocycles. The van der Waals surface area contributed by atoms with Crippen LogP contribution in [0.2, 0.25) is 0 Å². The van der Waals surface area contributed by atoms with Gasteiger partial charge in [0.25, 0.3) is 0 Å². The second-order valence-corrected chi connectivity index (χ2v) is 5.28. The SMILES string of the molecule is Cc1coc(Cc2cc(C)c(Cc3ccc(C)o3)o2)c1. The Morgan fingerprint density at radius 1 is 0.850 bits per heavy atom. The lowest BCUT2D eigenvalue weighted by atomic mass is 10.2. The minimum absolute atomic E-state index is 0.686. The maximum atomic E-state index is 5.92. The first-order chi connectivity index (χ1) is 9.60. The molecule has 3 aromatic heterocycles. The monoisotopic (exact) mass is 270 g/mol. The van der Waals surface area contributed by atoms with Gasteiger partial charge < -0.3 is 13.3 Å². The summed E-state index contributed by atoms with van der Waals surface area (Å²) in [7, 11) is 0. The Morgan fingerprint density at radius 3 is 2.35 bits per heavy atom. The normalized spacial score (nSPS) is 11.2. The predicted molar refractivity (Wildman–Crippen MR) is 75.9 cm³/mol. The van der Waals surface area contributed by atoms with Gasteiger partial charge in [-0.2, -0.15) is 0 Å². The topological polar surface area (TPSA) is 39.4 Å². The number of aryl methyl sites for hydroxylation is 3. The molecule has 3 heteroatoms. The summed E-state index contributed by atoms with van der Waals surface area (Å²) in [5.74, 6) is 4.67. The van der Waals surface area contributed by atoms with Crippen molar-refractivity contribution < 1.29 is 13.3 Å². The van der Waals surface area contributed by atoms with Gasteiger partial charge in [-0.1, -0.05) is 0 Å². The first-order valence-corrected chi connectivity index (χ1v) is 6.77. The van der Waals surface area contributed by atoms with Crippen molar-refractivity contribution in [1.82, 2.24) is 0 Å². The maximum absolute atomic E-state index is 5.92. The highest BCUT2D eigenvalue weighted by molar-refractivity contribution is 5.26. The minimum Gasteiger partial charge on any atom is -0.469 e. The van der Waals surface area contributed by atoms with Crippen molar-refractivity contribution in [3.05, 3.63) is 70.5 Å². The van der Waals surface area contributed by atoms with Crippen LogP contribution in [-0.4, -0.2) is 0 Å². The second-order valence-electron chi connectivity index (χ2n) is 5.28. The van der Waals surface area contributed by atoms with E-state index in [9.17, 15) is 0 Å². The lowest BCUT2D eigenvalue weighted by Gasteiger charge is -1.96. The highest BCUT2D eigenvalue weighted by Gasteiger charge is 2.12. The lowest BCUT2D eigenvalue weighted by molar-refractivity contribution is 0.433. The zero-order valence-corrected chi connectivity index (χ0v) is 12.0. The molecule has 0 N–H and O–H groups in total. The third kappa shape index (κ3) is 2.72. The molecule has 20 heavy (non-hydrogen) atoms. The van der Waals surface area contributed by atoms with Gasteiger partial charge in [0.15, 0.2) is 0 Å². The van der Waals surface area contributed by atoms with Gasteiger partial charge in [-0.15, -0.1) is 0 Å². The molecule has 3 nitrogen and oxygen atoms in total. The maximum Gasteiger partial charge on any atom is 0.114 e. The molecule has 0 amide bonds. The Kier molecular flexibility index (Phi) is 3.26. The standard InChI is InChI=1S/C17H18O3/c1-11-6-15(18-10-11)8-16-7-12(2)17(20-16)9-14-5-4-13(3)19-14/h4-7,10H,8-9H2,1-3H3. The zero-order valence-electron chi connectivity index (χ0n) is 12.0. The summed E-state index contributed by atoms with van der Waals surface area (Å²) < 4.78 is 17.0. The van der Waals surface area contributed by atoms with Crippen molar-refractivity contribution in [3.8, 4) is 0 Å². The Hall–Kier alpha value is -2.16. The third-order valence-electron chi connectivity index (χ3n) is 3.34. The average Bonchev–Trinajstić information content (AvgIpc) is 3.05. The first kappa shape index (κ1) is 12.9. The van der Waals surface area contributed by atoms with Gasteiger partial charge in [0.05, 0.1) is 19.1 Å². The van der Waals surface area contributed by atoms with E-state index in [1.54, 1.807) is 6.26 Å². The van der Waals surface area contributed by atoms with Gasteiger partial charge in [-0.25, -0.2) is 0 Å². The van der Waals surface area contributed by atoms with Crippen LogP contribution in [0.15, 0.2) is 43.8 Å². The highest BCUT2D eigenvalue weighted by Crippen LogP contribution is 2.22. The van der Waals surface area contributed by atoms with Crippen LogP contribution in [0.3, 0.4) is 0 Å². The molecular weight excluding hydrogens is 252 g/mol. The van der Waals surface area contributed by atoms with Crippen molar-refractivity contribution >= 4 is 0 Å². The highest BCUT2D eigenvalue weighted by atomic mass is 16.4. The Bertz CT molecular complexity index is 712. The van der Waals surface area contributed by atoms with Gasteiger partial charge in [0.1, 0.15) is 28.8 Å². The van der Waals surface area contributed by atoms with E-state index in [0.717, 1.165) is 39.9 Å². The van der Waals surface area contributed by atoms with Crippen molar-refractivity contribution in [3.63, 3.8) is 0 Å². The van der Waals surface area contributed by atoms with Crippen LogP contribution in [0.25, 0.3) is 0 Å². The molecule has 0 aliphatic heterocycles. The number of hydrogen-bond donors (Lipinski definition) is 0. The molecule has 0 radical (unpaired) electrons. The summed E-state index contributed by atoms with van der Waals surface area (Å²) in [5.41, 5.74) is 2.28. The largest absolute Gasteiger partial charge is 0.469 e. The van der Waals surface area contributed by atoms with E-state index in [1.807, 2.05) is 32.0 Å². The summed E-state index contributed by atoms with van der Waals surface area (Å²) in [6, 6.07) is 8.07. The Balaban J connectivity index is 1.76. The van der Waals surface area contributed by atoms with Crippen LogP contribution in [0, 0.1) is 20.8 Å². The van der Waals surface area contributed by atoms with E-state index in [-0.39, 0.29) is 0 Å². The Morgan fingerprint density at radius 2 is 1.70 bits per heavy atom. The van der Waals surface area contributed by atoms with Gasteiger partial charge in [0.2, 0.25) is 0 Å².